The summed E-state index contributed by atoms with van der Waals surface area (Å²) in [6.45, 7) is 8.25. The number of hydrogen-bond acceptors (Lipinski definition) is 2. The monoisotopic (exact) mass is 372 g/mol. The second-order valence-corrected chi connectivity index (χ2v) is 8.38. The van der Waals surface area contributed by atoms with E-state index >= 15 is 0 Å². The molecule has 0 saturated carbocycles. The summed E-state index contributed by atoms with van der Waals surface area (Å²) in [7, 11) is 0. The van der Waals surface area contributed by atoms with Crippen LogP contribution < -0.4 is 5.43 Å². The molecule has 2 aromatic carbocycles. The van der Waals surface area contributed by atoms with Crippen LogP contribution in [-0.2, 0) is 0 Å². The molecule has 0 aliphatic heterocycles. The van der Waals surface area contributed by atoms with Gasteiger partial charge in [-0.25, -0.2) is 0 Å². The molecule has 0 fully saturated rings. The van der Waals surface area contributed by atoms with Gasteiger partial charge in [-0.05, 0) is 73.3 Å². The van der Waals surface area contributed by atoms with Crippen molar-refractivity contribution < 1.29 is 4.42 Å². The number of aryl methyl sites for hydroxylation is 1. The highest BCUT2D eigenvalue weighted by Crippen LogP contribution is 2.38. The van der Waals surface area contributed by atoms with Gasteiger partial charge < -0.3 is 4.42 Å². The maximum atomic E-state index is 13.1. The van der Waals surface area contributed by atoms with E-state index in [1.54, 1.807) is 0 Å². The molecule has 1 unspecified atom stereocenters. The normalized spacial score (nSPS) is 17.2. The summed E-state index contributed by atoms with van der Waals surface area (Å²) in [5.41, 5.74) is 6.40. The van der Waals surface area contributed by atoms with Gasteiger partial charge in [0.05, 0.1) is 5.39 Å². The molecule has 1 atom stereocenters. The van der Waals surface area contributed by atoms with Crippen molar-refractivity contribution in [2.24, 2.45) is 0 Å². The highest BCUT2D eigenvalue weighted by atomic mass is 16.3. The van der Waals surface area contributed by atoms with Crippen molar-refractivity contribution in [3.05, 3.63) is 86.8 Å². The Labute approximate surface area is 166 Å². The van der Waals surface area contributed by atoms with Crippen molar-refractivity contribution in [2.75, 3.05) is 0 Å². The SMILES string of the molecule is Cc1cc(C(C)C)c2oc(C3=CCC(c4ccccc4)CC3)c(C)c(=O)c2c1. The van der Waals surface area contributed by atoms with Crippen LogP contribution in [0.4, 0.5) is 0 Å². The summed E-state index contributed by atoms with van der Waals surface area (Å²) in [5, 5.41) is 0.712. The first-order valence-electron chi connectivity index (χ1n) is 10.3. The zero-order valence-electron chi connectivity index (χ0n) is 17.2. The maximum Gasteiger partial charge on any atom is 0.196 e. The highest BCUT2D eigenvalue weighted by molar-refractivity contribution is 5.84. The van der Waals surface area contributed by atoms with Crippen LogP contribution >= 0.6 is 0 Å². The van der Waals surface area contributed by atoms with Gasteiger partial charge in [0.2, 0.25) is 0 Å². The van der Waals surface area contributed by atoms with E-state index in [0.29, 0.717) is 17.2 Å². The number of hydrogen-bond donors (Lipinski definition) is 0. The molecule has 0 spiro atoms. The standard InChI is InChI=1S/C26H28O2/c1-16(2)22-14-17(3)15-23-24(27)18(4)25(28-26(22)23)21-12-10-20(11-13-21)19-8-6-5-7-9-19/h5-9,12,14-16,20H,10-11,13H2,1-4H3. The predicted molar refractivity (Wildman–Crippen MR) is 117 cm³/mol. The summed E-state index contributed by atoms with van der Waals surface area (Å²) in [5.74, 6) is 1.64. The minimum absolute atomic E-state index is 0.105. The molecular weight excluding hydrogens is 344 g/mol. The molecule has 0 radical (unpaired) electrons. The third kappa shape index (κ3) is 3.32. The molecule has 28 heavy (non-hydrogen) atoms. The largest absolute Gasteiger partial charge is 0.456 e. The topological polar surface area (TPSA) is 30.2 Å². The van der Waals surface area contributed by atoms with Crippen molar-refractivity contribution in [1.82, 2.24) is 0 Å². The molecule has 0 saturated heterocycles. The Morgan fingerprint density at radius 3 is 2.46 bits per heavy atom. The van der Waals surface area contributed by atoms with E-state index < -0.39 is 0 Å². The molecule has 2 nitrogen and oxygen atoms in total. The molecule has 1 aliphatic carbocycles. The van der Waals surface area contributed by atoms with Gasteiger partial charge in [-0.3, -0.25) is 4.79 Å². The maximum absolute atomic E-state index is 13.1. The van der Waals surface area contributed by atoms with Crippen molar-refractivity contribution in [2.45, 2.75) is 58.8 Å². The Hall–Kier alpha value is -2.61. The Morgan fingerprint density at radius 2 is 1.82 bits per heavy atom. The summed E-state index contributed by atoms with van der Waals surface area (Å²) < 4.78 is 6.43. The van der Waals surface area contributed by atoms with Crippen LogP contribution in [-0.4, -0.2) is 0 Å². The van der Waals surface area contributed by atoms with Gasteiger partial charge >= 0.3 is 0 Å². The fraction of sp³-hybridized carbons (Fsp3) is 0.346. The zero-order valence-corrected chi connectivity index (χ0v) is 17.2. The molecule has 3 aromatic rings. The van der Waals surface area contributed by atoms with Crippen LogP contribution in [0.5, 0.6) is 0 Å². The van der Waals surface area contributed by atoms with Gasteiger partial charge in [0.15, 0.2) is 5.43 Å². The van der Waals surface area contributed by atoms with Crippen LogP contribution in [0, 0.1) is 13.8 Å². The molecule has 144 valence electrons. The van der Waals surface area contributed by atoms with Crippen molar-refractivity contribution >= 4 is 16.5 Å². The second kappa shape index (κ2) is 7.43. The lowest BCUT2D eigenvalue weighted by Gasteiger charge is -2.23. The van der Waals surface area contributed by atoms with Gasteiger partial charge in [-0.1, -0.05) is 56.3 Å². The number of benzene rings is 2. The second-order valence-electron chi connectivity index (χ2n) is 8.38. The van der Waals surface area contributed by atoms with Crippen LogP contribution in [0.25, 0.3) is 16.5 Å². The summed E-state index contributed by atoms with van der Waals surface area (Å²) in [6.07, 6.45) is 5.30. The lowest BCUT2D eigenvalue weighted by molar-refractivity contribution is 0.555. The van der Waals surface area contributed by atoms with E-state index in [2.05, 4.69) is 56.3 Å². The van der Waals surface area contributed by atoms with E-state index in [1.165, 1.54) is 11.1 Å². The Kier molecular flexibility index (Phi) is 4.97. The minimum atomic E-state index is 0.105. The molecule has 0 bridgehead atoms. The molecule has 0 N–H and O–H groups in total. The molecule has 1 aromatic heterocycles. The molecule has 1 aliphatic rings. The fourth-order valence-corrected chi connectivity index (χ4v) is 4.37. The first kappa shape index (κ1) is 18.7. The third-order valence-corrected chi connectivity index (χ3v) is 5.99. The Morgan fingerprint density at radius 1 is 1.07 bits per heavy atom. The molecule has 2 heteroatoms. The predicted octanol–water partition coefficient (Wildman–Crippen LogP) is 6.88. The Bertz CT molecular complexity index is 1100. The molecule has 1 heterocycles. The summed E-state index contributed by atoms with van der Waals surface area (Å²) >= 11 is 0. The van der Waals surface area contributed by atoms with Crippen molar-refractivity contribution in [3.8, 4) is 0 Å². The van der Waals surface area contributed by atoms with Gasteiger partial charge in [-0.2, -0.15) is 0 Å². The number of allylic oxidation sites excluding steroid dienone is 2. The zero-order chi connectivity index (χ0) is 19.8. The smallest absolute Gasteiger partial charge is 0.196 e. The van der Waals surface area contributed by atoms with Gasteiger partial charge in [0.25, 0.3) is 0 Å². The summed E-state index contributed by atoms with van der Waals surface area (Å²) in [4.78, 5) is 13.1. The van der Waals surface area contributed by atoms with Crippen molar-refractivity contribution in [3.63, 3.8) is 0 Å². The number of fused-ring (bicyclic) bond motifs is 1. The van der Waals surface area contributed by atoms with Gasteiger partial charge in [0.1, 0.15) is 11.3 Å². The average Bonchev–Trinajstić information content (AvgIpc) is 2.71. The summed E-state index contributed by atoms with van der Waals surface area (Å²) in [6, 6.07) is 14.8. The van der Waals surface area contributed by atoms with E-state index in [-0.39, 0.29) is 5.43 Å². The molecular formula is C26H28O2. The van der Waals surface area contributed by atoms with E-state index in [1.807, 2.05) is 19.9 Å². The fourth-order valence-electron chi connectivity index (χ4n) is 4.37. The Balaban J connectivity index is 1.78. The third-order valence-electron chi connectivity index (χ3n) is 5.99. The first-order chi connectivity index (χ1) is 13.5. The van der Waals surface area contributed by atoms with E-state index in [4.69, 9.17) is 4.42 Å². The van der Waals surface area contributed by atoms with Gasteiger partial charge in [0, 0.05) is 5.56 Å². The lowest BCUT2D eigenvalue weighted by atomic mass is 9.83. The average molecular weight is 373 g/mol. The number of rotatable bonds is 3. The minimum Gasteiger partial charge on any atom is -0.456 e. The molecule has 0 amide bonds. The van der Waals surface area contributed by atoms with Crippen LogP contribution in [0.2, 0.25) is 0 Å². The quantitative estimate of drug-likeness (QED) is 0.501. The lowest BCUT2D eigenvalue weighted by Crippen LogP contribution is -2.12. The van der Waals surface area contributed by atoms with Crippen molar-refractivity contribution in [1.29, 1.82) is 0 Å². The highest BCUT2D eigenvalue weighted by Gasteiger charge is 2.22. The first-order valence-corrected chi connectivity index (χ1v) is 10.3. The van der Waals surface area contributed by atoms with Gasteiger partial charge in [-0.15, -0.1) is 0 Å². The van der Waals surface area contributed by atoms with E-state index in [0.717, 1.165) is 47.3 Å². The van der Waals surface area contributed by atoms with E-state index in [9.17, 15) is 4.79 Å². The van der Waals surface area contributed by atoms with Crippen LogP contribution in [0.3, 0.4) is 0 Å². The van der Waals surface area contributed by atoms with Crippen LogP contribution in [0.1, 0.15) is 73.0 Å². The molecule has 4 rings (SSSR count). The van der Waals surface area contributed by atoms with Crippen LogP contribution in [0.15, 0.2) is 57.8 Å².